The molecule has 1 aliphatic rings. The van der Waals surface area contributed by atoms with Crippen molar-refractivity contribution in [2.45, 2.75) is 12.5 Å². The van der Waals surface area contributed by atoms with Crippen LogP contribution in [0.15, 0.2) is 12.2 Å². The summed E-state index contributed by atoms with van der Waals surface area (Å²) in [7, 11) is 0. The molecule has 1 aromatic rings. The Morgan fingerprint density at radius 1 is 1.17 bits per heavy atom. The highest BCUT2D eigenvalue weighted by Gasteiger charge is 2.29. The van der Waals surface area contributed by atoms with Crippen molar-refractivity contribution >= 4 is 5.69 Å². The first kappa shape index (κ1) is 12.8. The van der Waals surface area contributed by atoms with Gasteiger partial charge in [-0.3, -0.25) is 0 Å². The summed E-state index contributed by atoms with van der Waals surface area (Å²) in [4.78, 5) is 3.57. The molecule has 1 aromatic heterocycles. The Labute approximate surface area is 100 Å². The van der Waals surface area contributed by atoms with Gasteiger partial charge < -0.3 is 10.0 Å². The Morgan fingerprint density at radius 2 is 1.78 bits per heavy atom. The maximum atomic E-state index is 13.5. The van der Waals surface area contributed by atoms with Gasteiger partial charge in [0.05, 0.1) is 12.6 Å². The molecule has 1 N–H and O–H groups in total. The first-order valence-corrected chi connectivity index (χ1v) is 5.28. The van der Waals surface area contributed by atoms with E-state index in [0.717, 1.165) is 4.90 Å². The molecular weight excluding hydrogens is 252 g/mol. The number of pyridine rings is 1. The second kappa shape index (κ2) is 4.93. The Kier molecular flexibility index (Phi) is 3.51. The summed E-state index contributed by atoms with van der Waals surface area (Å²) in [5.74, 6) is -6.50. The van der Waals surface area contributed by atoms with Crippen LogP contribution >= 0.6 is 0 Å². The van der Waals surface area contributed by atoms with Gasteiger partial charge in [-0.25, -0.2) is 0 Å². The van der Waals surface area contributed by atoms with E-state index in [2.05, 4.69) is 4.98 Å². The molecule has 3 nitrogen and oxygen atoms in total. The fourth-order valence-electron chi connectivity index (χ4n) is 1.89. The molecule has 98 valence electrons. The van der Waals surface area contributed by atoms with E-state index in [1.807, 2.05) is 0 Å². The van der Waals surface area contributed by atoms with Crippen molar-refractivity contribution < 1.29 is 22.7 Å². The van der Waals surface area contributed by atoms with Crippen molar-refractivity contribution in [3.05, 3.63) is 35.7 Å². The zero-order chi connectivity index (χ0) is 13.3. The largest absolute Gasteiger partial charge is 0.394 e. The number of aliphatic hydroxyl groups is 1. The van der Waals surface area contributed by atoms with Crippen molar-refractivity contribution in [1.29, 1.82) is 0 Å². The molecule has 0 spiro atoms. The number of nitrogens with zero attached hydrogens (tertiary/aromatic N) is 2. The van der Waals surface area contributed by atoms with Crippen LogP contribution < -0.4 is 4.90 Å². The maximum Gasteiger partial charge on any atom is 0.253 e. The second-order valence-corrected chi connectivity index (χ2v) is 3.87. The molecule has 0 saturated carbocycles. The monoisotopic (exact) mass is 262 g/mol. The fraction of sp³-hybridized carbons (Fsp3) is 0.364. The standard InChI is InChI=1S/C11H10F4N2O/c12-7-9(8(13)11(15)16-10(7)14)17-4-2-1-3-6(17)5-18/h1-2,6,18H,3-5H2. The molecular formula is C11H10F4N2O. The molecule has 18 heavy (non-hydrogen) atoms. The van der Waals surface area contributed by atoms with E-state index in [1.54, 1.807) is 12.2 Å². The lowest BCUT2D eigenvalue weighted by molar-refractivity contribution is 0.257. The molecule has 0 amide bonds. The summed E-state index contributed by atoms with van der Waals surface area (Å²) in [6, 6.07) is -0.625. The number of aromatic nitrogens is 1. The summed E-state index contributed by atoms with van der Waals surface area (Å²) in [6.45, 7) is -0.323. The second-order valence-electron chi connectivity index (χ2n) is 3.87. The number of hydrogen-bond donors (Lipinski definition) is 1. The van der Waals surface area contributed by atoms with Crippen LogP contribution in [-0.4, -0.2) is 29.3 Å². The van der Waals surface area contributed by atoms with Gasteiger partial charge in [0.15, 0.2) is 0 Å². The van der Waals surface area contributed by atoms with Crippen molar-refractivity contribution in [1.82, 2.24) is 4.98 Å². The predicted octanol–water partition coefficient (Wildman–Crippen LogP) is 1.77. The molecule has 0 aromatic carbocycles. The van der Waals surface area contributed by atoms with E-state index in [4.69, 9.17) is 5.11 Å². The summed E-state index contributed by atoms with van der Waals surface area (Å²) in [5, 5.41) is 9.12. The van der Waals surface area contributed by atoms with Gasteiger partial charge in [-0.2, -0.15) is 22.5 Å². The van der Waals surface area contributed by atoms with Crippen LogP contribution in [0, 0.1) is 23.5 Å². The Bertz CT molecular complexity index is 466. The highest BCUT2D eigenvalue weighted by atomic mass is 19.2. The minimum Gasteiger partial charge on any atom is -0.394 e. The van der Waals surface area contributed by atoms with Crippen LogP contribution in [0.3, 0.4) is 0 Å². The van der Waals surface area contributed by atoms with Crippen molar-refractivity contribution in [2.24, 2.45) is 0 Å². The Balaban J connectivity index is 2.52. The highest BCUT2D eigenvalue weighted by molar-refractivity contribution is 5.51. The first-order valence-electron chi connectivity index (χ1n) is 5.28. The van der Waals surface area contributed by atoms with E-state index < -0.39 is 35.3 Å². The van der Waals surface area contributed by atoms with E-state index in [9.17, 15) is 17.6 Å². The predicted molar refractivity (Wildman–Crippen MR) is 56.0 cm³/mol. The molecule has 0 bridgehead atoms. The molecule has 1 aliphatic heterocycles. The maximum absolute atomic E-state index is 13.5. The molecule has 2 heterocycles. The number of hydrogen-bond acceptors (Lipinski definition) is 3. The third-order valence-corrected chi connectivity index (χ3v) is 2.79. The summed E-state index contributed by atoms with van der Waals surface area (Å²) >= 11 is 0. The van der Waals surface area contributed by atoms with Crippen molar-refractivity contribution in [3.8, 4) is 0 Å². The van der Waals surface area contributed by atoms with Gasteiger partial charge in [0.2, 0.25) is 11.6 Å². The number of anilines is 1. The molecule has 0 fully saturated rings. The SMILES string of the molecule is OCC1CC=CCN1c1c(F)c(F)nc(F)c1F. The topological polar surface area (TPSA) is 36.4 Å². The molecule has 7 heteroatoms. The normalized spacial score (nSPS) is 19.4. The molecule has 1 atom stereocenters. The van der Waals surface area contributed by atoms with E-state index >= 15 is 0 Å². The fourth-order valence-corrected chi connectivity index (χ4v) is 1.89. The lowest BCUT2D eigenvalue weighted by Gasteiger charge is -2.33. The molecule has 0 aliphatic carbocycles. The average Bonchev–Trinajstić information content (AvgIpc) is 2.37. The lowest BCUT2D eigenvalue weighted by Crippen LogP contribution is -2.41. The lowest BCUT2D eigenvalue weighted by atomic mass is 10.1. The first-order chi connectivity index (χ1) is 8.56. The Hall–Kier alpha value is -1.63. The van der Waals surface area contributed by atoms with Gasteiger partial charge in [0.1, 0.15) is 5.69 Å². The third kappa shape index (κ3) is 2.05. The summed E-state index contributed by atoms with van der Waals surface area (Å²) < 4.78 is 53.1. The Morgan fingerprint density at radius 3 is 2.33 bits per heavy atom. The molecule has 1 unspecified atom stereocenters. The van der Waals surface area contributed by atoms with Gasteiger partial charge in [-0.15, -0.1) is 0 Å². The zero-order valence-corrected chi connectivity index (χ0v) is 9.21. The molecule has 2 rings (SSSR count). The van der Waals surface area contributed by atoms with Crippen LogP contribution in [0.25, 0.3) is 0 Å². The van der Waals surface area contributed by atoms with Gasteiger partial charge in [-0.1, -0.05) is 12.2 Å². The summed E-state index contributed by atoms with van der Waals surface area (Å²) in [6.07, 6.45) is 3.66. The highest BCUT2D eigenvalue weighted by Crippen LogP contribution is 2.29. The third-order valence-electron chi connectivity index (χ3n) is 2.79. The van der Waals surface area contributed by atoms with Gasteiger partial charge >= 0.3 is 0 Å². The van der Waals surface area contributed by atoms with Crippen LogP contribution in [-0.2, 0) is 0 Å². The quantitative estimate of drug-likeness (QED) is 0.501. The van der Waals surface area contributed by atoms with E-state index in [0.29, 0.717) is 6.42 Å². The van der Waals surface area contributed by atoms with Gasteiger partial charge in [0, 0.05) is 6.54 Å². The summed E-state index contributed by atoms with van der Waals surface area (Å²) in [5.41, 5.74) is -0.830. The molecule has 0 saturated heterocycles. The number of aliphatic hydroxyl groups excluding tert-OH is 1. The number of rotatable bonds is 2. The van der Waals surface area contributed by atoms with Gasteiger partial charge in [0.25, 0.3) is 11.9 Å². The molecule has 0 radical (unpaired) electrons. The van der Waals surface area contributed by atoms with Gasteiger partial charge in [-0.05, 0) is 6.42 Å². The minimum absolute atomic E-state index is 0.0575. The smallest absolute Gasteiger partial charge is 0.253 e. The minimum atomic E-state index is -1.70. The van der Waals surface area contributed by atoms with Crippen molar-refractivity contribution in [2.75, 3.05) is 18.1 Å². The zero-order valence-electron chi connectivity index (χ0n) is 9.21. The van der Waals surface area contributed by atoms with Crippen molar-refractivity contribution in [3.63, 3.8) is 0 Å². The van der Waals surface area contributed by atoms with Crippen LogP contribution in [0.4, 0.5) is 23.2 Å². The van der Waals surface area contributed by atoms with E-state index in [-0.39, 0.29) is 13.2 Å². The van der Waals surface area contributed by atoms with Crippen LogP contribution in [0.2, 0.25) is 0 Å². The number of halogens is 4. The van der Waals surface area contributed by atoms with E-state index in [1.165, 1.54) is 0 Å². The van der Waals surface area contributed by atoms with Crippen LogP contribution in [0.1, 0.15) is 6.42 Å². The average molecular weight is 262 g/mol. The van der Waals surface area contributed by atoms with Crippen LogP contribution in [0.5, 0.6) is 0 Å².